The van der Waals surface area contributed by atoms with Gasteiger partial charge in [0.1, 0.15) is 18.1 Å². The minimum atomic E-state index is -0.738. The molecule has 3 aromatic rings. The third-order valence-corrected chi connectivity index (χ3v) is 5.03. The van der Waals surface area contributed by atoms with Crippen LogP contribution in [0.5, 0.6) is 5.75 Å². The van der Waals surface area contributed by atoms with Gasteiger partial charge in [-0.2, -0.15) is 0 Å². The number of aliphatic carboxylic acids is 1. The van der Waals surface area contributed by atoms with E-state index in [1.807, 2.05) is 60.8 Å². The smallest absolute Gasteiger partial charge is 0.307 e. The minimum Gasteiger partial charge on any atom is -0.487 e. The summed E-state index contributed by atoms with van der Waals surface area (Å²) in [6.45, 7) is 1.73. The van der Waals surface area contributed by atoms with Gasteiger partial charge in [-0.1, -0.05) is 35.5 Å². The molecule has 1 fully saturated rings. The number of nitrogens with one attached hydrogen (secondary N) is 1. The van der Waals surface area contributed by atoms with Crippen molar-refractivity contribution in [3.05, 3.63) is 72.1 Å². The Morgan fingerprint density at radius 3 is 2.89 bits per heavy atom. The Bertz CT molecular complexity index is 942. The Morgan fingerprint density at radius 1 is 1.21 bits per heavy atom. The van der Waals surface area contributed by atoms with Crippen molar-refractivity contribution in [3.8, 4) is 11.4 Å². The van der Waals surface area contributed by atoms with Crippen LogP contribution in [0.3, 0.4) is 0 Å². The zero-order chi connectivity index (χ0) is 19.3. The van der Waals surface area contributed by atoms with Gasteiger partial charge in [0.25, 0.3) is 0 Å². The first-order chi connectivity index (χ1) is 13.7. The fraction of sp³-hybridized carbons (Fsp3) is 0.286. The van der Waals surface area contributed by atoms with Gasteiger partial charge < -0.3 is 15.2 Å². The zero-order valence-electron chi connectivity index (χ0n) is 15.4. The van der Waals surface area contributed by atoms with Gasteiger partial charge in [-0.3, -0.25) is 4.79 Å². The number of rotatable bonds is 6. The van der Waals surface area contributed by atoms with Crippen molar-refractivity contribution in [2.75, 3.05) is 13.1 Å². The number of hydrogen-bond acceptors (Lipinski definition) is 5. The fourth-order valence-corrected chi connectivity index (χ4v) is 3.57. The number of nitrogens with zero attached hydrogens (tertiary/aromatic N) is 3. The Kier molecular flexibility index (Phi) is 5.34. The van der Waals surface area contributed by atoms with E-state index in [0.717, 1.165) is 29.2 Å². The van der Waals surface area contributed by atoms with E-state index in [0.29, 0.717) is 19.6 Å². The number of carboxylic acid groups (broad SMARTS) is 1. The van der Waals surface area contributed by atoms with Crippen molar-refractivity contribution in [2.24, 2.45) is 5.92 Å². The number of aromatic nitrogens is 3. The normalized spacial score (nSPS) is 19.3. The molecule has 0 aliphatic carbocycles. The van der Waals surface area contributed by atoms with Gasteiger partial charge in [-0.05, 0) is 42.8 Å². The van der Waals surface area contributed by atoms with Crippen LogP contribution in [-0.2, 0) is 11.4 Å². The van der Waals surface area contributed by atoms with E-state index in [-0.39, 0.29) is 11.8 Å². The molecule has 7 nitrogen and oxygen atoms in total. The molecular weight excluding hydrogens is 356 g/mol. The first-order valence-electron chi connectivity index (χ1n) is 9.33. The molecule has 2 aromatic carbocycles. The molecule has 0 amide bonds. The molecule has 0 unspecified atom stereocenters. The first-order valence-corrected chi connectivity index (χ1v) is 9.33. The molecular formula is C21H22N4O3. The predicted molar refractivity (Wildman–Crippen MR) is 103 cm³/mol. The number of hydrogen-bond donors (Lipinski definition) is 2. The lowest BCUT2D eigenvalue weighted by Crippen LogP contribution is -2.38. The van der Waals surface area contributed by atoms with E-state index in [2.05, 4.69) is 15.6 Å². The molecule has 4 rings (SSSR count). The Balaban J connectivity index is 1.50. The van der Waals surface area contributed by atoms with Crippen LogP contribution >= 0.6 is 0 Å². The van der Waals surface area contributed by atoms with Crippen LogP contribution in [0.2, 0.25) is 0 Å². The summed E-state index contributed by atoms with van der Waals surface area (Å²) < 4.78 is 7.40. The molecule has 2 N–H and O–H groups in total. The molecule has 0 bridgehead atoms. The maximum atomic E-state index is 11.6. The summed E-state index contributed by atoms with van der Waals surface area (Å²) >= 11 is 0. The van der Waals surface area contributed by atoms with Gasteiger partial charge in [0.2, 0.25) is 0 Å². The van der Waals surface area contributed by atoms with Crippen LogP contribution < -0.4 is 10.1 Å². The zero-order valence-corrected chi connectivity index (χ0v) is 15.4. The topological polar surface area (TPSA) is 89.3 Å². The van der Waals surface area contributed by atoms with Crippen molar-refractivity contribution in [2.45, 2.75) is 18.9 Å². The molecule has 7 heteroatoms. The summed E-state index contributed by atoms with van der Waals surface area (Å²) in [4.78, 5) is 11.6. The minimum absolute atomic E-state index is 0.0596. The summed E-state index contributed by atoms with van der Waals surface area (Å²) in [5.74, 6) is -0.390. The van der Waals surface area contributed by atoms with Crippen molar-refractivity contribution in [1.82, 2.24) is 20.3 Å². The number of para-hydroxylation sites is 1. The fourth-order valence-electron chi connectivity index (χ4n) is 3.57. The maximum Gasteiger partial charge on any atom is 0.307 e. The van der Waals surface area contributed by atoms with E-state index in [4.69, 9.17) is 4.74 Å². The van der Waals surface area contributed by atoms with Gasteiger partial charge in [0, 0.05) is 12.5 Å². The van der Waals surface area contributed by atoms with Crippen LogP contribution in [0, 0.1) is 5.92 Å². The SMILES string of the molecule is O=C(O)[C@@H]1CCNC[C@H]1c1cccc(-n2cc(COc3ccccc3)nn2)c1. The molecule has 1 aromatic heterocycles. The first kappa shape index (κ1) is 18.2. The van der Waals surface area contributed by atoms with Gasteiger partial charge in [0.15, 0.2) is 0 Å². The Labute approximate surface area is 163 Å². The van der Waals surface area contributed by atoms with E-state index in [1.54, 1.807) is 4.68 Å². The van der Waals surface area contributed by atoms with Crippen molar-refractivity contribution < 1.29 is 14.6 Å². The highest BCUT2D eigenvalue weighted by Gasteiger charge is 2.31. The van der Waals surface area contributed by atoms with E-state index in [1.165, 1.54) is 0 Å². The number of benzene rings is 2. The average Bonchev–Trinajstić information content (AvgIpc) is 3.22. The molecule has 0 spiro atoms. The third-order valence-electron chi connectivity index (χ3n) is 5.03. The second-order valence-corrected chi connectivity index (χ2v) is 6.90. The molecule has 0 saturated carbocycles. The lowest BCUT2D eigenvalue weighted by molar-refractivity contribution is -0.143. The van der Waals surface area contributed by atoms with Gasteiger partial charge in [-0.15, -0.1) is 5.10 Å². The Hall–Kier alpha value is -3.19. The second kappa shape index (κ2) is 8.22. The molecule has 2 heterocycles. The number of ether oxygens (including phenoxy) is 1. The van der Waals surface area contributed by atoms with Crippen molar-refractivity contribution >= 4 is 5.97 Å². The average molecular weight is 378 g/mol. The maximum absolute atomic E-state index is 11.6. The number of piperidine rings is 1. The van der Waals surface area contributed by atoms with Crippen LogP contribution in [0.4, 0.5) is 0 Å². The van der Waals surface area contributed by atoms with Crippen LogP contribution in [-0.4, -0.2) is 39.2 Å². The highest BCUT2D eigenvalue weighted by molar-refractivity contribution is 5.71. The standard InChI is InChI=1S/C21H22N4O3/c26-21(27)19-9-10-22-12-20(19)15-5-4-6-17(11-15)25-13-16(23-24-25)14-28-18-7-2-1-3-8-18/h1-8,11,13,19-20,22H,9-10,12,14H2,(H,26,27)/t19-,20+/m1/s1. The van der Waals surface area contributed by atoms with E-state index < -0.39 is 5.97 Å². The predicted octanol–water partition coefficient (Wildman–Crippen LogP) is 2.62. The largest absolute Gasteiger partial charge is 0.487 e. The monoisotopic (exact) mass is 378 g/mol. The number of carboxylic acids is 1. The highest BCUT2D eigenvalue weighted by atomic mass is 16.5. The lowest BCUT2D eigenvalue weighted by Gasteiger charge is -2.29. The van der Waals surface area contributed by atoms with Gasteiger partial charge >= 0.3 is 5.97 Å². The lowest BCUT2D eigenvalue weighted by atomic mass is 9.81. The summed E-state index contributed by atoms with van der Waals surface area (Å²) in [7, 11) is 0. The number of carbonyl (C=O) groups is 1. The van der Waals surface area contributed by atoms with Crippen LogP contribution in [0.15, 0.2) is 60.8 Å². The molecule has 0 radical (unpaired) electrons. The highest BCUT2D eigenvalue weighted by Crippen LogP contribution is 2.30. The second-order valence-electron chi connectivity index (χ2n) is 6.90. The Morgan fingerprint density at radius 2 is 2.07 bits per heavy atom. The summed E-state index contributed by atoms with van der Waals surface area (Å²) in [5.41, 5.74) is 2.57. The molecule has 28 heavy (non-hydrogen) atoms. The van der Waals surface area contributed by atoms with Crippen LogP contribution in [0.1, 0.15) is 23.6 Å². The third kappa shape index (κ3) is 4.04. The molecule has 1 saturated heterocycles. The summed E-state index contributed by atoms with van der Waals surface area (Å²) in [5, 5.41) is 21.2. The van der Waals surface area contributed by atoms with E-state index >= 15 is 0 Å². The van der Waals surface area contributed by atoms with Crippen molar-refractivity contribution in [3.63, 3.8) is 0 Å². The summed E-state index contributed by atoms with van der Waals surface area (Å²) in [6.07, 6.45) is 2.46. The van der Waals surface area contributed by atoms with Gasteiger partial charge in [-0.25, -0.2) is 4.68 Å². The quantitative estimate of drug-likeness (QED) is 0.685. The van der Waals surface area contributed by atoms with E-state index in [9.17, 15) is 9.90 Å². The molecule has 1 aliphatic rings. The molecule has 2 atom stereocenters. The molecule has 1 aliphatic heterocycles. The van der Waals surface area contributed by atoms with Crippen LogP contribution in [0.25, 0.3) is 5.69 Å². The van der Waals surface area contributed by atoms with Crippen molar-refractivity contribution in [1.29, 1.82) is 0 Å². The summed E-state index contributed by atoms with van der Waals surface area (Å²) in [6, 6.07) is 17.4. The van der Waals surface area contributed by atoms with Gasteiger partial charge in [0.05, 0.1) is 17.8 Å². The molecule has 144 valence electrons.